The van der Waals surface area contributed by atoms with Crippen LogP contribution in [0.1, 0.15) is 22.4 Å². The van der Waals surface area contributed by atoms with Gasteiger partial charge in [-0.05, 0) is 42.5 Å². The molecule has 0 aliphatic heterocycles. The summed E-state index contributed by atoms with van der Waals surface area (Å²) in [7, 11) is 0. The molecule has 1 N–H and O–H groups in total. The van der Waals surface area contributed by atoms with Crippen molar-refractivity contribution in [2.75, 3.05) is 0 Å². The van der Waals surface area contributed by atoms with Crippen LogP contribution in [-0.4, -0.2) is 20.2 Å². The van der Waals surface area contributed by atoms with Gasteiger partial charge in [-0.1, -0.05) is 12.1 Å². The maximum absolute atomic E-state index is 13.2. The molecule has 4 rings (SSSR count). The minimum Gasteiger partial charge on any atom is -0.480 e. The van der Waals surface area contributed by atoms with Gasteiger partial charge in [0.15, 0.2) is 0 Å². The van der Waals surface area contributed by atoms with Crippen LogP contribution in [0.5, 0.6) is 0 Å². The minimum absolute atomic E-state index is 0.148. The molecule has 134 valence electrons. The number of carboxylic acid groups (broad SMARTS) is 1. The minimum atomic E-state index is -1.25. The normalized spacial score (nSPS) is 13.3. The molecule has 26 heavy (non-hydrogen) atoms. The van der Waals surface area contributed by atoms with E-state index in [1.54, 1.807) is 12.1 Å². The summed E-state index contributed by atoms with van der Waals surface area (Å²) in [6, 6.07) is 5.75. The molecule has 0 saturated heterocycles. The van der Waals surface area contributed by atoms with Gasteiger partial charge in [0.1, 0.15) is 17.2 Å². The van der Waals surface area contributed by atoms with Crippen molar-refractivity contribution in [1.82, 2.24) is 9.13 Å². The summed E-state index contributed by atoms with van der Waals surface area (Å²) in [6.07, 6.45) is 2.57. The second kappa shape index (κ2) is 6.21. The van der Waals surface area contributed by atoms with Gasteiger partial charge in [0, 0.05) is 4.88 Å². The third-order valence-corrected chi connectivity index (χ3v) is 5.93. The Kier molecular flexibility index (Phi) is 3.99. The molecule has 8 heteroatoms. The monoisotopic (exact) mass is 374 g/mol. The lowest BCUT2D eigenvalue weighted by Gasteiger charge is -2.11. The zero-order chi connectivity index (χ0) is 18.4. The van der Waals surface area contributed by atoms with Crippen LogP contribution in [0, 0.1) is 5.82 Å². The number of carbonyl (C=O) groups is 1. The van der Waals surface area contributed by atoms with Crippen LogP contribution in [0.2, 0.25) is 0 Å². The number of rotatable bonds is 4. The summed E-state index contributed by atoms with van der Waals surface area (Å²) >= 11 is 1.42. The lowest BCUT2D eigenvalue weighted by molar-refractivity contribution is -0.137. The quantitative estimate of drug-likeness (QED) is 0.757. The Morgan fingerprint density at radius 2 is 1.88 bits per heavy atom. The van der Waals surface area contributed by atoms with Gasteiger partial charge in [-0.25, -0.2) is 13.8 Å². The average Bonchev–Trinajstić information content (AvgIpc) is 3.18. The molecule has 0 amide bonds. The van der Waals surface area contributed by atoms with Gasteiger partial charge in [-0.15, -0.1) is 11.3 Å². The van der Waals surface area contributed by atoms with Gasteiger partial charge in [0.25, 0.3) is 5.56 Å². The van der Waals surface area contributed by atoms with Crippen LogP contribution in [0.4, 0.5) is 4.39 Å². The summed E-state index contributed by atoms with van der Waals surface area (Å²) in [4.78, 5) is 38.4. The highest BCUT2D eigenvalue weighted by Crippen LogP contribution is 2.35. The summed E-state index contributed by atoms with van der Waals surface area (Å²) < 4.78 is 15.4. The van der Waals surface area contributed by atoms with Crippen molar-refractivity contribution < 1.29 is 14.3 Å². The Morgan fingerprint density at radius 3 is 2.58 bits per heavy atom. The van der Waals surface area contributed by atoms with Crippen molar-refractivity contribution in [3.05, 3.63) is 66.9 Å². The van der Waals surface area contributed by atoms with Crippen LogP contribution in [-0.2, 0) is 30.7 Å². The number of hydrogen-bond donors (Lipinski definition) is 1. The van der Waals surface area contributed by atoms with E-state index in [1.165, 1.54) is 28.0 Å². The molecule has 3 aromatic rings. The SMILES string of the molecule is O=C(O)Cn1c(=O)c2c3c(sc2n(Cc2ccc(F)cc2)c1=O)CCC3. The lowest BCUT2D eigenvalue weighted by Crippen LogP contribution is -2.41. The Hall–Kier alpha value is -2.74. The number of aromatic nitrogens is 2. The molecular weight excluding hydrogens is 359 g/mol. The topological polar surface area (TPSA) is 81.3 Å². The van der Waals surface area contributed by atoms with Crippen LogP contribution in [0.15, 0.2) is 33.9 Å². The van der Waals surface area contributed by atoms with Crippen LogP contribution in [0.3, 0.4) is 0 Å². The van der Waals surface area contributed by atoms with E-state index < -0.39 is 23.8 Å². The summed E-state index contributed by atoms with van der Waals surface area (Å²) in [5.41, 5.74) is 0.433. The van der Waals surface area contributed by atoms with Gasteiger partial charge in [-0.3, -0.25) is 14.2 Å². The lowest BCUT2D eigenvalue weighted by atomic mass is 10.2. The summed E-state index contributed by atoms with van der Waals surface area (Å²) in [5.74, 6) is -1.62. The van der Waals surface area contributed by atoms with E-state index >= 15 is 0 Å². The van der Waals surface area contributed by atoms with Gasteiger partial charge in [-0.2, -0.15) is 0 Å². The first kappa shape index (κ1) is 16.7. The number of halogens is 1. The number of aliphatic carboxylic acids is 1. The average molecular weight is 374 g/mol. The molecule has 0 radical (unpaired) electrons. The molecule has 0 fully saturated rings. The summed E-state index contributed by atoms with van der Waals surface area (Å²) in [5, 5.41) is 9.55. The number of carboxylic acids is 1. The zero-order valence-corrected chi connectivity index (χ0v) is 14.5. The Balaban J connectivity index is 1.98. The van der Waals surface area contributed by atoms with Crippen molar-refractivity contribution >= 4 is 27.5 Å². The fraction of sp³-hybridized carbons (Fsp3) is 0.278. The maximum Gasteiger partial charge on any atom is 0.332 e. The molecule has 0 saturated carbocycles. The predicted octanol–water partition coefficient (Wildman–Crippen LogP) is 1.99. The van der Waals surface area contributed by atoms with Gasteiger partial charge >= 0.3 is 11.7 Å². The maximum atomic E-state index is 13.2. The van der Waals surface area contributed by atoms with E-state index in [9.17, 15) is 18.8 Å². The number of fused-ring (bicyclic) bond motifs is 3. The number of thiophene rings is 1. The first-order valence-corrected chi connectivity index (χ1v) is 9.01. The largest absolute Gasteiger partial charge is 0.480 e. The second-order valence-electron chi connectivity index (χ2n) is 6.32. The second-order valence-corrected chi connectivity index (χ2v) is 7.40. The third-order valence-electron chi connectivity index (χ3n) is 4.62. The first-order chi connectivity index (χ1) is 12.5. The van der Waals surface area contributed by atoms with E-state index in [4.69, 9.17) is 5.11 Å². The fourth-order valence-electron chi connectivity index (χ4n) is 3.44. The highest BCUT2D eigenvalue weighted by molar-refractivity contribution is 7.18. The first-order valence-electron chi connectivity index (χ1n) is 8.20. The van der Waals surface area contributed by atoms with Gasteiger partial charge in [0.2, 0.25) is 0 Å². The van der Waals surface area contributed by atoms with E-state index in [0.717, 1.165) is 34.3 Å². The van der Waals surface area contributed by atoms with E-state index in [1.807, 2.05) is 0 Å². The standard InChI is InChI=1S/C18H15FN2O4S/c19-11-6-4-10(5-7-11)8-21-17-15(12-2-1-3-13(12)26-17)16(24)20(18(21)25)9-14(22)23/h4-7H,1-3,8-9H2,(H,22,23). The fourth-order valence-corrected chi connectivity index (χ4v) is 4.81. The van der Waals surface area contributed by atoms with Crippen LogP contribution < -0.4 is 11.2 Å². The number of aryl methyl sites for hydroxylation is 2. The molecule has 0 unspecified atom stereocenters. The van der Waals surface area contributed by atoms with Crippen LogP contribution in [0.25, 0.3) is 10.2 Å². The van der Waals surface area contributed by atoms with Crippen molar-refractivity contribution in [2.24, 2.45) is 0 Å². The molecule has 0 bridgehead atoms. The molecule has 2 heterocycles. The molecular formula is C18H15FN2O4S. The van der Waals surface area contributed by atoms with E-state index in [-0.39, 0.29) is 12.4 Å². The molecule has 0 spiro atoms. The predicted molar refractivity (Wildman–Crippen MR) is 95.5 cm³/mol. The van der Waals surface area contributed by atoms with Crippen LogP contribution >= 0.6 is 11.3 Å². The molecule has 1 aliphatic rings. The van der Waals surface area contributed by atoms with E-state index in [2.05, 4.69) is 0 Å². The molecule has 6 nitrogen and oxygen atoms in total. The zero-order valence-electron chi connectivity index (χ0n) is 13.7. The van der Waals surface area contributed by atoms with Crippen molar-refractivity contribution in [3.63, 3.8) is 0 Å². The Morgan fingerprint density at radius 1 is 1.15 bits per heavy atom. The van der Waals surface area contributed by atoms with Crippen molar-refractivity contribution in [2.45, 2.75) is 32.4 Å². The number of hydrogen-bond acceptors (Lipinski definition) is 4. The number of benzene rings is 1. The smallest absolute Gasteiger partial charge is 0.332 e. The highest BCUT2D eigenvalue weighted by atomic mass is 32.1. The Labute approximate surface area is 150 Å². The van der Waals surface area contributed by atoms with Gasteiger partial charge in [0.05, 0.1) is 11.9 Å². The van der Waals surface area contributed by atoms with Crippen molar-refractivity contribution in [3.8, 4) is 0 Å². The Bertz CT molecular complexity index is 1140. The number of nitrogens with zero attached hydrogens (tertiary/aromatic N) is 2. The molecule has 1 aliphatic carbocycles. The molecule has 2 aromatic heterocycles. The molecule has 0 atom stereocenters. The van der Waals surface area contributed by atoms with Gasteiger partial charge < -0.3 is 5.11 Å². The van der Waals surface area contributed by atoms with E-state index in [0.29, 0.717) is 15.8 Å². The van der Waals surface area contributed by atoms with Crippen molar-refractivity contribution in [1.29, 1.82) is 0 Å². The molecule has 1 aromatic carbocycles. The summed E-state index contributed by atoms with van der Waals surface area (Å²) in [6.45, 7) is -0.531. The highest BCUT2D eigenvalue weighted by Gasteiger charge is 2.25. The third kappa shape index (κ3) is 2.66.